The normalized spacial score (nSPS) is 12.3. The summed E-state index contributed by atoms with van der Waals surface area (Å²) >= 11 is 19.3. The largest absolute Gasteiger partial charge is 0.492 e. The maximum absolute atomic E-state index is 6.66. The number of aryl methyl sites for hydroxylation is 2. The van der Waals surface area contributed by atoms with Crippen molar-refractivity contribution in [1.29, 1.82) is 0 Å². The second-order valence-electron chi connectivity index (χ2n) is 4.91. The number of rotatable bonds is 4. The molecule has 2 aromatic rings. The van der Waals surface area contributed by atoms with E-state index in [0.717, 1.165) is 22.3 Å². The van der Waals surface area contributed by atoms with Crippen LogP contribution in [0.25, 0.3) is 0 Å². The van der Waals surface area contributed by atoms with Crippen molar-refractivity contribution < 1.29 is 4.74 Å². The molecule has 0 aliphatic carbocycles. The fourth-order valence-electron chi connectivity index (χ4n) is 2.39. The average molecular weight is 344 g/mol. The Kier molecular flexibility index (Phi) is 5.43. The van der Waals surface area contributed by atoms with Gasteiger partial charge in [-0.05, 0) is 49.1 Å². The van der Waals surface area contributed by atoms with E-state index in [2.05, 4.69) is 0 Å². The van der Waals surface area contributed by atoms with Crippen molar-refractivity contribution in [3.8, 4) is 5.75 Å². The van der Waals surface area contributed by atoms with Gasteiger partial charge in [0.25, 0.3) is 0 Å². The summed E-state index contributed by atoms with van der Waals surface area (Å²) in [7, 11) is 0. The molecule has 2 rings (SSSR count). The van der Waals surface area contributed by atoms with Gasteiger partial charge in [-0.2, -0.15) is 0 Å². The fraction of sp³-hybridized carbons (Fsp3) is 0.294. The van der Waals surface area contributed by atoms with E-state index in [0.29, 0.717) is 22.4 Å². The maximum Gasteiger partial charge on any atom is 0.139 e. The van der Waals surface area contributed by atoms with Crippen LogP contribution >= 0.6 is 34.8 Å². The van der Waals surface area contributed by atoms with Gasteiger partial charge >= 0.3 is 0 Å². The molecule has 112 valence electrons. The van der Waals surface area contributed by atoms with Crippen LogP contribution in [0.5, 0.6) is 5.75 Å². The number of hydrogen-bond acceptors (Lipinski definition) is 1. The molecule has 0 aromatic heterocycles. The molecule has 2 aromatic carbocycles. The molecule has 0 saturated carbocycles. The number of halogens is 3. The third-order valence-corrected chi connectivity index (χ3v) is 4.50. The Hall–Kier alpha value is -0.890. The molecule has 0 bridgehead atoms. The van der Waals surface area contributed by atoms with E-state index in [1.165, 1.54) is 0 Å². The molecule has 0 spiro atoms. The van der Waals surface area contributed by atoms with Gasteiger partial charge in [0, 0.05) is 11.1 Å². The summed E-state index contributed by atoms with van der Waals surface area (Å²) < 4.78 is 5.45. The van der Waals surface area contributed by atoms with Gasteiger partial charge in [-0.25, -0.2) is 0 Å². The number of benzene rings is 2. The van der Waals surface area contributed by atoms with Crippen molar-refractivity contribution in [2.24, 2.45) is 0 Å². The first-order valence-electron chi connectivity index (χ1n) is 6.77. The summed E-state index contributed by atoms with van der Waals surface area (Å²) in [4.78, 5) is 0. The minimum Gasteiger partial charge on any atom is -0.492 e. The van der Waals surface area contributed by atoms with Crippen molar-refractivity contribution in [3.05, 3.63) is 62.6 Å². The molecule has 0 radical (unpaired) electrons. The van der Waals surface area contributed by atoms with Crippen molar-refractivity contribution in [2.75, 3.05) is 6.61 Å². The van der Waals surface area contributed by atoms with E-state index in [-0.39, 0.29) is 5.38 Å². The van der Waals surface area contributed by atoms with Gasteiger partial charge in [0.05, 0.1) is 17.0 Å². The highest BCUT2D eigenvalue weighted by molar-refractivity contribution is 6.36. The highest BCUT2D eigenvalue weighted by Crippen LogP contribution is 2.41. The predicted molar refractivity (Wildman–Crippen MR) is 91.2 cm³/mol. The lowest BCUT2D eigenvalue weighted by atomic mass is 9.95. The van der Waals surface area contributed by atoms with Crippen LogP contribution in [0.2, 0.25) is 10.0 Å². The van der Waals surface area contributed by atoms with Crippen LogP contribution in [0.3, 0.4) is 0 Å². The van der Waals surface area contributed by atoms with E-state index in [1.54, 1.807) is 12.1 Å². The highest BCUT2D eigenvalue weighted by Gasteiger charge is 2.20. The fourth-order valence-corrected chi connectivity index (χ4v) is 3.46. The van der Waals surface area contributed by atoms with E-state index in [4.69, 9.17) is 39.5 Å². The van der Waals surface area contributed by atoms with Gasteiger partial charge in [-0.15, -0.1) is 11.6 Å². The molecule has 0 aliphatic rings. The van der Waals surface area contributed by atoms with Gasteiger partial charge in [-0.3, -0.25) is 0 Å². The second-order valence-corrected chi connectivity index (χ2v) is 6.16. The van der Waals surface area contributed by atoms with Crippen LogP contribution in [-0.4, -0.2) is 6.61 Å². The van der Waals surface area contributed by atoms with Crippen LogP contribution < -0.4 is 4.74 Å². The van der Waals surface area contributed by atoms with Crippen LogP contribution in [0, 0.1) is 13.8 Å². The third-order valence-electron chi connectivity index (χ3n) is 3.42. The van der Waals surface area contributed by atoms with Crippen molar-refractivity contribution in [2.45, 2.75) is 26.1 Å². The second kappa shape index (κ2) is 6.91. The Morgan fingerprint density at radius 3 is 2.24 bits per heavy atom. The molecule has 0 fully saturated rings. The minimum atomic E-state index is -0.341. The summed E-state index contributed by atoms with van der Waals surface area (Å²) in [5, 5.41) is 0.741. The molecule has 1 unspecified atom stereocenters. The van der Waals surface area contributed by atoms with Crippen LogP contribution in [0.4, 0.5) is 0 Å². The predicted octanol–water partition coefficient (Wildman–Crippen LogP) is 6.34. The molecular weight excluding hydrogens is 327 g/mol. The quantitative estimate of drug-likeness (QED) is 0.589. The Morgan fingerprint density at radius 1 is 1.05 bits per heavy atom. The van der Waals surface area contributed by atoms with Gasteiger partial charge in [0.2, 0.25) is 0 Å². The summed E-state index contributed by atoms with van der Waals surface area (Å²) in [5.41, 5.74) is 4.14. The van der Waals surface area contributed by atoms with E-state index in [1.807, 2.05) is 39.0 Å². The topological polar surface area (TPSA) is 9.23 Å². The first-order valence-corrected chi connectivity index (χ1v) is 7.96. The minimum absolute atomic E-state index is 0.341. The van der Waals surface area contributed by atoms with Gasteiger partial charge < -0.3 is 4.74 Å². The maximum atomic E-state index is 6.66. The Morgan fingerprint density at radius 2 is 1.67 bits per heavy atom. The average Bonchev–Trinajstić information content (AvgIpc) is 2.42. The molecule has 0 saturated heterocycles. The summed E-state index contributed by atoms with van der Waals surface area (Å²) in [6.45, 7) is 6.53. The lowest BCUT2D eigenvalue weighted by Crippen LogP contribution is -2.01. The molecule has 0 amide bonds. The van der Waals surface area contributed by atoms with Crippen molar-refractivity contribution in [3.63, 3.8) is 0 Å². The number of ether oxygens (including phenoxy) is 1. The van der Waals surface area contributed by atoms with Crippen molar-refractivity contribution >= 4 is 34.8 Å². The lowest BCUT2D eigenvalue weighted by Gasteiger charge is -2.18. The van der Waals surface area contributed by atoms with Gasteiger partial charge in [-0.1, -0.05) is 41.4 Å². The molecule has 21 heavy (non-hydrogen) atoms. The Balaban J connectivity index is 2.49. The zero-order valence-corrected chi connectivity index (χ0v) is 14.5. The molecule has 0 aliphatic heterocycles. The third kappa shape index (κ3) is 3.48. The molecule has 1 atom stereocenters. The summed E-state index contributed by atoms with van der Waals surface area (Å²) in [6, 6.07) is 9.62. The van der Waals surface area contributed by atoms with Crippen molar-refractivity contribution in [1.82, 2.24) is 0 Å². The Bertz CT molecular complexity index is 632. The monoisotopic (exact) mass is 342 g/mol. The van der Waals surface area contributed by atoms with E-state index >= 15 is 0 Å². The van der Waals surface area contributed by atoms with Crippen LogP contribution in [-0.2, 0) is 0 Å². The molecule has 0 N–H and O–H groups in total. The zero-order valence-electron chi connectivity index (χ0n) is 12.2. The lowest BCUT2D eigenvalue weighted by molar-refractivity contribution is 0.340. The Labute approximate surface area is 140 Å². The molecular formula is C17H17Cl3O. The van der Waals surface area contributed by atoms with Gasteiger partial charge in [0.15, 0.2) is 0 Å². The molecule has 1 nitrogen and oxygen atoms in total. The van der Waals surface area contributed by atoms with E-state index in [9.17, 15) is 0 Å². The summed E-state index contributed by atoms with van der Waals surface area (Å²) in [6.07, 6.45) is 0. The van der Waals surface area contributed by atoms with Gasteiger partial charge in [0.1, 0.15) is 5.75 Å². The standard InChI is InChI=1S/C17H17Cl3O/c1-4-21-15-9-13(18)12(8-14(15)19)17(20)16-10(2)6-5-7-11(16)3/h5-9,17H,4H2,1-3H3. The SMILES string of the molecule is CCOc1cc(Cl)c(C(Cl)c2c(C)cccc2C)cc1Cl. The number of alkyl halides is 1. The van der Waals surface area contributed by atoms with Crippen LogP contribution in [0.1, 0.15) is 34.6 Å². The first kappa shape index (κ1) is 16.5. The summed E-state index contributed by atoms with van der Waals surface area (Å²) in [5.74, 6) is 0.582. The molecule has 0 heterocycles. The zero-order chi connectivity index (χ0) is 15.6. The van der Waals surface area contributed by atoms with Crippen LogP contribution in [0.15, 0.2) is 30.3 Å². The van der Waals surface area contributed by atoms with E-state index < -0.39 is 0 Å². The number of hydrogen-bond donors (Lipinski definition) is 0. The molecule has 4 heteroatoms. The first-order chi connectivity index (χ1) is 9.95. The highest BCUT2D eigenvalue weighted by atomic mass is 35.5. The smallest absolute Gasteiger partial charge is 0.139 e.